The largest absolute Gasteiger partial charge is 0.394 e. The van der Waals surface area contributed by atoms with Crippen molar-refractivity contribution in [1.29, 1.82) is 0 Å². The SMILES string of the molecule is CCC(CO)(CO)NC(C)c1ccc(Cl)c(Cl)c1. The van der Waals surface area contributed by atoms with Crippen molar-refractivity contribution >= 4 is 23.2 Å². The number of aliphatic hydroxyl groups excluding tert-OH is 2. The molecule has 1 aromatic carbocycles. The highest BCUT2D eigenvalue weighted by molar-refractivity contribution is 6.42. The van der Waals surface area contributed by atoms with Crippen molar-refractivity contribution in [2.75, 3.05) is 13.2 Å². The minimum atomic E-state index is -0.675. The van der Waals surface area contributed by atoms with Gasteiger partial charge in [-0.25, -0.2) is 0 Å². The van der Waals surface area contributed by atoms with E-state index in [9.17, 15) is 10.2 Å². The lowest BCUT2D eigenvalue weighted by Crippen LogP contribution is -2.52. The molecule has 1 atom stereocenters. The second kappa shape index (κ2) is 6.73. The van der Waals surface area contributed by atoms with Gasteiger partial charge in [-0.2, -0.15) is 0 Å². The van der Waals surface area contributed by atoms with Crippen LogP contribution >= 0.6 is 23.2 Å². The van der Waals surface area contributed by atoms with Crippen molar-refractivity contribution in [2.24, 2.45) is 0 Å². The molecule has 0 amide bonds. The third-order valence-corrected chi connectivity index (χ3v) is 3.99. The average molecular weight is 292 g/mol. The van der Waals surface area contributed by atoms with Crippen LogP contribution in [-0.4, -0.2) is 29.0 Å². The Kier molecular flexibility index (Phi) is 5.89. The van der Waals surface area contributed by atoms with Crippen LogP contribution in [0.2, 0.25) is 10.0 Å². The minimum Gasteiger partial charge on any atom is -0.394 e. The second-order valence-corrected chi connectivity index (χ2v) is 5.30. The zero-order valence-corrected chi connectivity index (χ0v) is 12.1. The molecule has 0 aromatic heterocycles. The summed E-state index contributed by atoms with van der Waals surface area (Å²) in [5.41, 5.74) is 0.287. The van der Waals surface area contributed by atoms with E-state index in [0.29, 0.717) is 16.5 Å². The quantitative estimate of drug-likeness (QED) is 0.755. The molecular weight excluding hydrogens is 273 g/mol. The first kappa shape index (κ1) is 15.7. The molecule has 0 spiro atoms. The van der Waals surface area contributed by atoms with Crippen LogP contribution < -0.4 is 5.32 Å². The maximum absolute atomic E-state index is 9.40. The number of halogens is 2. The Morgan fingerprint density at radius 3 is 2.28 bits per heavy atom. The molecular formula is C13H19Cl2NO2. The van der Waals surface area contributed by atoms with Gasteiger partial charge in [0.15, 0.2) is 0 Å². The summed E-state index contributed by atoms with van der Waals surface area (Å²) in [5, 5.41) is 23.1. The summed E-state index contributed by atoms with van der Waals surface area (Å²) in [5.74, 6) is 0. The van der Waals surface area contributed by atoms with Gasteiger partial charge in [0, 0.05) is 6.04 Å². The first-order valence-electron chi connectivity index (χ1n) is 5.92. The van der Waals surface area contributed by atoms with E-state index >= 15 is 0 Å². The highest BCUT2D eigenvalue weighted by Crippen LogP contribution is 2.26. The summed E-state index contributed by atoms with van der Waals surface area (Å²) in [6, 6.07) is 5.36. The standard InChI is InChI=1S/C13H19Cl2NO2/c1-3-13(7-17,8-18)16-9(2)10-4-5-11(14)12(15)6-10/h4-6,9,16-18H,3,7-8H2,1-2H3. The third kappa shape index (κ3) is 3.59. The lowest BCUT2D eigenvalue weighted by molar-refractivity contribution is 0.0793. The molecule has 18 heavy (non-hydrogen) atoms. The van der Waals surface area contributed by atoms with Crippen LogP contribution in [0.4, 0.5) is 0 Å². The van der Waals surface area contributed by atoms with Gasteiger partial charge in [0.2, 0.25) is 0 Å². The van der Waals surface area contributed by atoms with E-state index in [1.165, 1.54) is 0 Å². The topological polar surface area (TPSA) is 52.5 Å². The summed E-state index contributed by atoms with van der Waals surface area (Å²) < 4.78 is 0. The first-order chi connectivity index (χ1) is 8.48. The molecule has 5 heteroatoms. The van der Waals surface area contributed by atoms with Crippen molar-refractivity contribution in [3.63, 3.8) is 0 Å². The molecule has 3 N–H and O–H groups in total. The summed E-state index contributed by atoms with van der Waals surface area (Å²) in [4.78, 5) is 0. The van der Waals surface area contributed by atoms with Gasteiger partial charge in [-0.05, 0) is 31.0 Å². The van der Waals surface area contributed by atoms with E-state index in [4.69, 9.17) is 23.2 Å². The van der Waals surface area contributed by atoms with Crippen molar-refractivity contribution < 1.29 is 10.2 Å². The number of aliphatic hydroxyl groups is 2. The van der Waals surface area contributed by atoms with Crippen LogP contribution in [0.25, 0.3) is 0 Å². The molecule has 0 fully saturated rings. The number of hydrogen-bond donors (Lipinski definition) is 3. The number of nitrogens with one attached hydrogen (secondary N) is 1. The summed E-state index contributed by atoms with van der Waals surface area (Å²) in [7, 11) is 0. The van der Waals surface area contributed by atoms with Gasteiger partial charge < -0.3 is 15.5 Å². The van der Waals surface area contributed by atoms with E-state index in [2.05, 4.69) is 5.32 Å². The van der Waals surface area contributed by atoms with Crippen molar-refractivity contribution in [1.82, 2.24) is 5.32 Å². The molecule has 102 valence electrons. The van der Waals surface area contributed by atoms with Gasteiger partial charge in [0.1, 0.15) is 0 Å². The fraction of sp³-hybridized carbons (Fsp3) is 0.538. The average Bonchev–Trinajstić information content (AvgIpc) is 2.39. The van der Waals surface area contributed by atoms with E-state index in [1.54, 1.807) is 12.1 Å². The molecule has 0 radical (unpaired) electrons. The predicted molar refractivity (Wildman–Crippen MR) is 75.2 cm³/mol. The molecule has 1 rings (SSSR count). The predicted octanol–water partition coefficient (Wildman–Crippen LogP) is 2.78. The Labute approximate surface area is 118 Å². The van der Waals surface area contributed by atoms with Crippen molar-refractivity contribution in [3.05, 3.63) is 33.8 Å². The van der Waals surface area contributed by atoms with E-state index in [0.717, 1.165) is 5.56 Å². The number of benzene rings is 1. The highest BCUT2D eigenvalue weighted by atomic mass is 35.5. The Morgan fingerprint density at radius 2 is 1.83 bits per heavy atom. The fourth-order valence-electron chi connectivity index (χ4n) is 1.79. The van der Waals surface area contributed by atoms with Gasteiger partial charge >= 0.3 is 0 Å². The van der Waals surface area contributed by atoms with Gasteiger partial charge in [0.25, 0.3) is 0 Å². The molecule has 1 unspecified atom stereocenters. The van der Waals surface area contributed by atoms with Gasteiger partial charge in [-0.3, -0.25) is 0 Å². The highest BCUT2D eigenvalue weighted by Gasteiger charge is 2.28. The molecule has 0 saturated carbocycles. The summed E-state index contributed by atoms with van der Waals surface area (Å²) in [6.45, 7) is 3.63. The van der Waals surface area contributed by atoms with Crippen LogP contribution in [0.5, 0.6) is 0 Å². The van der Waals surface area contributed by atoms with E-state index in [-0.39, 0.29) is 19.3 Å². The third-order valence-electron chi connectivity index (χ3n) is 3.25. The zero-order valence-electron chi connectivity index (χ0n) is 10.6. The van der Waals surface area contributed by atoms with Crippen LogP contribution in [0.15, 0.2) is 18.2 Å². The number of hydrogen-bond acceptors (Lipinski definition) is 3. The molecule has 1 aromatic rings. The second-order valence-electron chi connectivity index (χ2n) is 4.49. The molecule has 0 heterocycles. The first-order valence-corrected chi connectivity index (χ1v) is 6.68. The molecule has 0 saturated heterocycles. The summed E-state index contributed by atoms with van der Waals surface area (Å²) >= 11 is 11.8. The Bertz CT molecular complexity index is 386. The van der Waals surface area contributed by atoms with Crippen molar-refractivity contribution in [2.45, 2.75) is 31.8 Å². The Hall–Kier alpha value is -0.320. The van der Waals surface area contributed by atoms with Gasteiger partial charge in [-0.1, -0.05) is 36.2 Å². The van der Waals surface area contributed by atoms with Gasteiger partial charge in [-0.15, -0.1) is 0 Å². The molecule has 0 aliphatic carbocycles. The lowest BCUT2D eigenvalue weighted by atomic mass is 9.95. The van der Waals surface area contributed by atoms with E-state index in [1.807, 2.05) is 19.9 Å². The molecule has 3 nitrogen and oxygen atoms in total. The Balaban J connectivity index is 2.86. The fourth-order valence-corrected chi connectivity index (χ4v) is 2.10. The van der Waals surface area contributed by atoms with Crippen LogP contribution in [0.3, 0.4) is 0 Å². The monoisotopic (exact) mass is 291 g/mol. The maximum Gasteiger partial charge on any atom is 0.0650 e. The van der Waals surface area contributed by atoms with Crippen molar-refractivity contribution in [3.8, 4) is 0 Å². The minimum absolute atomic E-state index is 0.0426. The lowest BCUT2D eigenvalue weighted by Gasteiger charge is -2.33. The molecule has 0 bridgehead atoms. The van der Waals surface area contributed by atoms with Crippen LogP contribution in [0.1, 0.15) is 31.9 Å². The van der Waals surface area contributed by atoms with Crippen LogP contribution in [0, 0.1) is 0 Å². The summed E-state index contributed by atoms with van der Waals surface area (Å²) in [6.07, 6.45) is 0.631. The smallest absolute Gasteiger partial charge is 0.0650 e. The molecule has 0 aliphatic heterocycles. The maximum atomic E-state index is 9.40. The Morgan fingerprint density at radius 1 is 1.22 bits per heavy atom. The van der Waals surface area contributed by atoms with Gasteiger partial charge in [0.05, 0.1) is 28.8 Å². The zero-order chi connectivity index (χ0) is 13.8. The van der Waals surface area contributed by atoms with E-state index < -0.39 is 5.54 Å². The normalized spacial score (nSPS) is 13.7. The van der Waals surface area contributed by atoms with Crippen LogP contribution in [-0.2, 0) is 0 Å². The number of rotatable bonds is 6. The molecule has 0 aliphatic rings.